The Morgan fingerprint density at radius 1 is 1.08 bits per heavy atom. The molecule has 0 bridgehead atoms. The Labute approximate surface area is 142 Å². The minimum atomic E-state index is -0.229. The molecule has 0 aromatic carbocycles. The zero-order valence-corrected chi connectivity index (χ0v) is 14.2. The molecule has 0 radical (unpaired) electrons. The molecule has 0 atom stereocenters. The summed E-state index contributed by atoms with van der Waals surface area (Å²) < 4.78 is 1.94. The maximum atomic E-state index is 13.0. The summed E-state index contributed by atoms with van der Waals surface area (Å²) >= 11 is 0. The van der Waals surface area contributed by atoms with Crippen LogP contribution in [0.5, 0.6) is 0 Å². The second-order valence-corrected chi connectivity index (χ2v) is 6.54. The number of likely N-dealkylation sites (tertiary alicyclic amines) is 1. The summed E-state index contributed by atoms with van der Waals surface area (Å²) in [7, 11) is 0. The van der Waals surface area contributed by atoms with Gasteiger partial charge in [0.05, 0.1) is 5.69 Å². The topological polar surface area (TPSA) is 67.2 Å². The van der Waals surface area contributed by atoms with Gasteiger partial charge in [0, 0.05) is 26.2 Å². The monoisotopic (exact) mass is 330 g/mol. The van der Waals surface area contributed by atoms with Crippen LogP contribution in [0.25, 0.3) is 0 Å². The summed E-state index contributed by atoms with van der Waals surface area (Å²) in [6, 6.07) is 0. The van der Waals surface area contributed by atoms with Crippen molar-refractivity contribution < 1.29 is 9.59 Å². The lowest BCUT2D eigenvalue weighted by Crippen LogP contribution is -2.33. The summed E-state index contributed by atoms with van der Waals surface area (Å²) in [5, 5.41) is 2.78. The minimum absolute atomic E-state index is 0.00896. The van der Waals surface area contributed by atoms with E-state index in [0.29, 0.717) is 18.1 Å². The molecule has 24 heavy (non-hydrogen) atoms. The highest BCUT2D eigenvalue weighted by molar-refractivity contribution is 5.97. The lowest BCUT2D eigenvalue weighted by atomic mass is 10.1. The Kier molecular flexibility index (Phi) is 5.33. The van der Waals surface area contributed by atoms with Crippen molar-refractivity contribution in [1.29, 1.82) is 0 Å². The van der Waals surface area contributed by atoms with E-state index in [9.17, 15) is 9.59 Å². The molecule has 1 aromatic heterocycles. The number of nitrogens with one attached hydrogen (secondary N) is 1. The summed E-state index contributed by atoms with van der Waals surface area (Å²) in [5.41, 5.74) is 1.42. The third-order valence-electron chi connectivity index (χ3n) is 4.82. The second-order valence-electron chi connectivity index (χ2n) is 6.54. The lowest BCUT2D eigenvalue weighted by Gasteiger charge is -2.21. The van der Waals surface area contributed by atoms with Crippen LogP contribution in [0.2, 0.25) is 0 Å². The Hall–Kier alpha value is -2.11. The van der Waals surface area contributed by atoms with E-state index >= 15 is 0 Å². The molecule has 6 heteroatoms. The molecule has 2 amide bonds. The maximum Gasteiger partial charge on any atom is 0.287 e. The van der Waals surface area contributed by atoms with Gasteiger partial charge in [0.25, 0.3) is 11.8 Å². The Balaban J connectivity index is 1.89. The number of hydrogen-bond donors (Lipinski definition) is 1. The van der Waals surface area contributed by atoms with E-state index in [2.05, 4.69) is 16.9 Å². The number of imidazole rings is 1. The molecule has 3 heterocycles. The molecule has 1 N–H and O–H groups in total. The molecule has 1 fully saturated rings. The van der Waals surface area contributed by atoms with Gasteiger partial charge >= 0.3 is 0 Å². The normalized spacial score (nSPS) is 17.8. The van der Waals surface area contributed by atoms with E-state index in [1.165, 1.54) is 12.8 Å². The van der Waals surface area contributed by atoms with Crippen molar-refractivity contribution in [2.45, 2.75) is 51.5 Å². The van der Waals surface area contributed by atoms with Gasteiger partial charge in [-0.05, 0) is 32.1 Å². The maximum absolute atomic E-state index is 13.0. The summed E-state index contributed by atoms with van der Waals surface area (Å²) in [5.74, 6) is 0.128. The molecule has 0 saturated carbocycles. The van der Waals surface area contributed by atoms with Gasteiger partial charge in [-0.1, -0.05) is 18.9 Å². The van der Waals surface area contributed by atoms with Crippen LogP contribution in [0.3, 0.4) is 0 Å². The van der Waals surface area contributed by atoms with Crippen LogP contribution in [-0.2, 0) is 13.0 Å². The molecule has 6 nitrogen and oxygen atoms in total. The predicted molar refractivity (Wildman–Crippen MR) is 92.1 cm³/mol. The smallest absolute Gasteiger partial charge is 0.287 e. The average Bonchev–Trinajstić information content (AvgIpc) is 2.79. The van der Waals surface area contributed by atoms with Crippen LogP contribution in [0.15, 0.2) is 12.7 Å². The van der Waals surface area contributed by atoms with Crippen LogP contribution >= 0.6 is 0 Å². The average molecular weight is 330 g/mol. The molecule has 0 unspecified atom stereocenters. The fourth-order valence-electron chi connectivity index (χ4n) is 3.56. The molecule has 0 aliphatic carbocycles. The highest BCUT2D eigenvalue weighted by Crippen LogP contribution is 2.23. The number of carbonyl (C=O) groups excluding carboxylic acids is 2. The van der Waals surface area contributed by atoms with Gasteiger partial charge < -0.3 is 14.8 Å². The SMILES string of the molecule is C=CCNC(=O)c1nc(C(=O)N2CCCCCC2)c2n1CCCC2. The Morgan fingerprint density at radius 2 is 1.79 bits per heavy atom. The fourth-order valence-corrected chi connectivity index (χ4v) is 3.56. The van der Waals surface area contributed by atoms with Crippen molar-refractivity contribution in [3.05, 3.63) is 29.9 Å². The third kappa shape index (κ3) is 3.37. The molecule has 1 saturated heterocycles. The van der Waals surface area contributed by atoms with Crippen LogP contribution < -0.4 is 5.32 Å². The van der Waals surface area contributed by atoms with Gasteiger partial charge in [0.2, 0.25) is 0 Å². The van der Waals surface area contributed by atoms with Gasteiger partial charge in [-0.3, -0.25) is 9.59 Å². The first-order valence-corrected chi connectivity index (χ1v) is 9.00. The van der Waals surface area contributed by atoms with Gasteiger partial charge in [-0.2, -0.15) is 0 Å². The molecule has 0 spiro atoms. The van der Waals surface area contributed by atoms with Crippen molar-refractivity contribution in [1.82, 2.24) is 19.8 Å². The van der Waals surface area contributed by atoms with Crippen molar-refractivity contribution in [2.24, 2.45) is 0 Å². The number of rotatable bonds is 4. The van der Waals surface area contributed by atoms with Crippen molar-refractivity contribution >= 4 is 11.8 Å². The van der Waals surface area contributed by atoms with Crippen LogP contribution in [0.1, 0.15) is 65.3 Å². The van der Waals surface area contributed by atoms with Crippen molar-refractivity contribution in [2.75, 3.05) is 19.6 Å². The predicted octanol–water partition coefficient (Wildman–Crippen LogP) is 2.15. The van der Waals surface area contributed by atoms with E-state index in [1.807, 2.05) is 9.47 Å². The largest absolute Gasteiger partial charge is 0.346 e. The number of hydrogen-bond acceptors (Lipinski definition) is 3. The standard InChI is InChI=1S/C18H26N4O2/c1-2-10-19-17(23)16-20-15(14-9-5-8-13-22(14)16)18(24)21-11-6-3-4-7-12-21/h2H,1,3-13H2,(H,19,23). The van der Waals surface area contributed by atoms with E-state index < -0.39 is 0 Å². The molecule has 1 aromatic rings. The highest BCUT2D eigenvalue weighted by atomic mass is 16.2. The van der Waals surface area contributed by atoms with Crippen LogP contribution in [0, 0.1) is 0 Å². The first-order valence-electron chi connectivity index (χ1n) is 9.00. The van der Waals surface area contributed by atoms with E-state index in [4.69, 9.17) is 0 Å². The zero-order valence-electron chi connectivity index (χ0n) is 14.2. The summed E-state index contributed by atoms with van der Waals surface area (Å²) in [6.45, 7) is 6.36. The first kappa shape index (κ1) is 16.7. The second kappa shape index (κ2) is 7.64. The molecule has 2 aliphatic heterocycles. The van der Waals surface area contributed by atoms with Gasteiger partial charge in [-0.15, -0.1) is 6.58 Å². The summed E-state index contributed by atoms with van der Waals surface area (Å²) in [6.07, 6.45) is 8.98. The quantitative estimate of drug-likeness (QED) is 0.860. The van der Waals surface area contributed by atoms with Gasteiger partial charge in [0.1, 0.15) is 5.69 Å². The Morgan fingerprint density at radius 3 is 2.50 bits per heavy atom. The molecular weight excluding hydrogens is 304 g/mol. The summed E-state index contributed by atoms with van der Waals surface area (Å²) in [4.78, 5) is 31.7. The Bertz CT molecular complexity index is 627. The molecule has 130 valence electrons. The van der Waals surface area contributed by atoms with Gasteiger partial charge in [0.15, 0.2) is 5.82 Å². The number of aromatic nitrogens is 2. The van der Waals surface area contributed by atoms with E-state index in [1.54, 1.807) is 6.08 Å². The molecule has 3 rings (SSSR count). The van der Waals surface area contributed by atoms with Crippen molar-refractivity contribution in [3.63, 3.8) is 0 Å². The first-order chi connectivity index (χ1) is 11.7. The van der Waals surface area contributed by atoms with Crippen molar-refractivity contribution in [3.8, 4) is 0 Å². The van der Waals surface area contributed by atoms with Gasteiger partial charge in [-0.25, -0.2) is 4.98 Å². The fraction of sp³-hybridized carbons (Fsp3) is 0.611. The number of fused-ring (bicyclic) bond motifs is 1. The highest BCUT2D eigenvalue weighted by Gasteiger charge is 2.29. The number of carbonyl (C=O) groups is 2. The van der Waals surface area contributed by atoms with E-state index in [-0.39, 0.29) is 11.8 Å². The lowest BCUT2D eigenvalue weighted by molar-refractivity contribution is 0.0754. The van der Waals surface area contributed by atoms with E-state index in [0.717, 1.165) is 57.4 Å². The molecule has 2 aliphatic rings. The third-order valence-corrected chi connectivity index (χ3v) is 4.82. The minimum Gasteiger partial charge on any atom is -0.346 e. The molecular formula is C18H26N4O2. The number of amides is 2. The van der Waals surface area contributed by atoms with Crippen LogP contribution in [0.4, 0.5) is 0 Å². The van der Waals surface area contributed by atoms with Crippen LogP contribution in [-0.4, -0.2) is 45.9 Å². The number of nitrogens with zero attached hydrogens (tertiary/aromatic N) is 3. The zero-order chi connectivity index (χ0) is 16.9.